The number of pyridine rings is 1. The summed E-state index contributed by atoms with van der Waals surface area (Å²) in [5, 5.41) is 2.34. The molecule has 0 aromatic carbocycles. The van der Waals surface area contributed by atoms with Gasteiger partial charge < -0.3 is 5.32 Å². The molecule has 2 rings (SSSR count). The maximum absolute atomic E-state index is 12.9. The van der Waals surface area contributed by atoms with Crippen LogP contribution in [0.1, 0.15) is 38.2 Å². The summed E-state index contributed by atoms with van der Waals surface area (Å²) in [5.74, 6) is -1.19. The predicted molar refractivity (Wildman–Crippen MR) is 87.5 cm³/mol. The number of anilines is 2. The van der Waals surface area contributed by atoms with E-state index in [4.69, 9.17) is 0 Å². The van der Waals surface area contributed by atoms with Gasteiger partial charge in [0.25, 0.3) is 5.91 Å². The average Bonchev–Trinajstić information content (AvgIpc) is 2.56. The van der Waals surface area contributed by atoms with E-state index in [1.54, 1.807) is 6.08 Å². The quantitative estimate of drug-likeness (QED) is 0.824. The van der Waals surface area contributed by atoms with Crippen molar-refractivity contribution in [1.29, 1.82) is 0 Å². The molecule has 1 aliphatic carbocycles. The highest BCUT2D eigenvalue weighted by Crippen LogP contribution is 2.33. The van der Waals surface area contributed by atoms with Crippen LogP contribution in [0.2, 0.25) is 0 Å². The number of hydrogen-bond donors (Lipinski definition) is 2. The molecular formula is C15H18F3N3O3S. The number of sulfonamides is 1. The van der Waals surface area contributed by atoms with E-state index < -0.39 is 27.7 Å². The molecule has 0 fully saturated rings. The highest BCUT2D eigenvalue weighted by atomic mass is 32.2. The summed E-state index contributed by atoms with van der Waals surface area (Å²) >= 11 is 0. The second kappa shape index (κ2) is 7.42. The van der Waals surface area contributed by atoms with Gasteiger partial charge in [0.1, 0.15) is 0 Å². The van der Waals surface area contributed by atoms with Gasteiger partial charge in [0, 0.05) is 11.8 Å². The predicted octanol–water partition coefficient (Wildman–Crippen LogP) is 3.30. The van der Waals surface area contributed by atoms with Crippen molar-refractivity contribution < 1.29 is 26.4 Å². The maximum Gasteiger partial charge on any atom is 0.417 e. The molecule has 25 heavy (non-hydrogen) atoms. The van der Waals surface area contributed by atoms with E-state index in [-0.39, 0.29) is 17.3 Å². The molecule has 2 N–H and O–H groups in total. The number of nitrogens with one attached hydrogen (secondary N) is 2. The van der Waals surface area contributed by atoms with Crippen LogP contribution in [0.3, 0.4) is 0 Å². The van der Waals surface area contributed by atoms with Crippen LogP contribution in [0.25, 0.3) is 0 Å². The van der Waals surface area contributed by atoms with Crippen LogP contribution >= 0.6 is 0 Å². The standard InChI is InChI=1S/C15H18F3N3O3S/c1-2-25(23,24)21-13-12(8-11(9-19-13)15(16,17)18)20-14(22)10-6-4-3-5-7-10/h6,8-9H,2-5,7H2,1H3,(H,19,21)(H,20,22). The van der Waals surface area contributed by atoms with Gasteiger partial charge in [0.2, 0.25) is 10.0 Å². The van der Waals surface area contributed by atoms with Crippen molar-refractivity contribution in [3.8, 4) is 0 Å². The molecule has 1 amide bonds. The molecule has 0 aliphatic heterocycles. The highest BCUT2D eigenvalue weighted by molar-refractivity contribution is 7.92. The first-order valence-electron chi connectivity index (χ1n) is 7.70. The van der Waals surface area contributed by atoms with Gasteiger partial charge in [-0.3, -0.25) is 9.52 Å². The van der Waals surface area contributed by atoms with Crippen molar-refractivity contribution in [2.75, 3.05) is 15.8 Å². The van der Waals surface area contributed by atoms with Crippen molar-refractivity contribution in [2.24, 2.45) is 0 Å². The van der Waals surface area contributed by atoms with Crippen LogP contribution in [-0.2, 0) is 21.0 Å². The third kappa shape index (κ3) is 5.18. The molecule has 0 saturated carbocycles. The molecule has 0 unspecified atom stereocenters. The number of hydrogen-bond acceptors (Lipinski definition) is 4. The fourth-order valence-electron chi connectivity index (χ4n) is 2.26. The zero-order valence-corrected chi connectivity index (χ0v) is 14.3. The van der Waals surface area contributed by atoms with Crippen LogP contribution in [0.4, 0.5) is 24.7 Å². The molecule has 0 bridgehead atoms. The minimum Gasteiger partial charge on any atom is -0.319 e. The van der Waals surface area contributed by atoms with Crippen LogP contribution in [0, 0.1) is 0 Å². The lowest BCUT2D eigenvalue weighted by atomic mass is 9.99. The Morgan fingerprint density at radius 2 is 2.04 bits per heavy atom. The number of nitrogens with zero attached hydrogens (tertiary/aromatic N) is 1. The van der Waals surface area contributed by atoms with E-state index in [1.807, 2.05) is 0 Å². The summed E-state index contributed by atoms with van der Waals surface area (Å²) < 4.78 is 64.1. The molecule has 0 spiro atoms. The van der Waals surface area contributed by atoms with Crippen LogP contribution in [0.5, 0.6) is 0 Å². The number of aromatic nitrogens is 1. The number of carbonyl (C=O) groups is 1. The lowest BCUT2D eigenvalue weighted by Crippen LogP contribution is -2.21. The zero-order valence-electron chi connectivity index (χ0n) is 13.5. The Labute approximate surface area is 143 Å². The van der Waals surface area contributed by atoms with E-state index in [9.17, 15) is 26.4 Å². The first-order chi connectivity index (χ1) is 11.6. The van der Waals surface area contributed by atoms with Gasteiger partial charge >= 0.3 is 6.18 Å². The Morgan fingerprint density at radius 3 is 2.60 bits per heavy atom. The third-order valence-corrected chi connectivity index (χ3v) is 4.94. The summed E-state index contributed by atoms with van der Waals surface area (Å²) in [6.07, 6.45) is 0.587. The van der Waals surface area contributed by atoms with Crippen LogP contribution < -0.4 is 10.0 Å². The van der Waals surface area contributed by atoms with E-state index in [0.717, 1.165) is 19.3 Å². The molecular weight excluding hydrogens is 359 g/mol. The van der Waals surface area contributed by atoms with Crippen molar-refractivity contribution in [1.82, 2.24) is 4.98 Å². The number of carbonyl (C=O) groups excluding carboxylic acids is 1. The Bertz CT molecular complexity index is 789. The number of amides is 1. The fraction of sp³-hybridized carbons (Fsp3) is 0.467. The topological polar surface area (TPSA) is 88.2 Å². The molecule has 1 aromatic heterocycles. The fourth-order valence-corrected chi connectivity index (χ4v) is 2.86. The molecule has 1 aromatic rings. The molecule has 6 nitrogen and oxygen atoms in total. The lowest BCUT2D eigenvalue weighted by Gasteiger charge is -2.16. The SMILES string of the molecule is CCS(=O)(=O)Nc1ncc(C(F)(F)F)cc1NC(=O)C1=CCCCC1. The van der Waals surface area contributed by atoms with Gasteiger partial charge in [-0.05, 0) is 38.7 Å². The molecule has 138 valence electrons. The minimum absolute atomic E-state index is 0.283. The Kier molecular flexibility index (Phi) is 5.71. The number of halogens is 3. The maximum atomic E-state index is 12.9. The minimum atomic E-state index is -4.67. The molecule has 0 atom stereocenters. The van der Waals surface area contributed by atoms with E-state index in [2.05, 4.69) is 15.0 Å². The smallest absolute Gasteiger partial charge is 0.319 e. The summed E-state index contributed by atoms with van der Waals surface area (Å²) in [6.45, 7) is 1.37. The van der Waals surface area contributed by atoms with Crippen LogP contribution in [0.15, 0.2) is 23.9 Å². The van der Waals surface area contributed by atoms with Gasteiger partial charge in [0.15, 0.2) is 5.82 Å². The van der Waals surface area contributed by atoms with E-state index in [0.29, 0.717) is 24.3 Å². The van der Waals surface area contributed by atoms with Gasteiger partial charge in [0.05, 0.1) is 17.0 Å². The van der Waals surface area contributed by atoms with Crippen molar-refractivity contribution in [3.05, 3.63) is 29.5 Å². The second-order valence-electron chi connectivity index (χ2n) is 5.55. The summed E-state index contributed by atoms with van der Waals surface area (Å²) in [6, 6.07) is 0.668. The molecule has 0 radical (unpaired) electrons. The van der Waals surface area contributed by atoms with E-state index in [1.165, 1.54) is 6.92 Å². The van der Waals surface area contributed by atoms with Crippen molar-refractivity contribution >= 4 is 27.4 Å². The zero-order chi connectivity index (χ0) is 18.7. The normalized spacial score (nSPS) is 15.4. The van der Waals surface area contributed by atoms with Gasteiger partial charge in [-0.15, -0.1) is 0 Å². The summed E-state index contributed by atoms with van der Waals surface area (Å²) in [5.41, 5.74) is -0.948. The molecule has 0 saturated heterocycles. The molecule has 1 aliphatic rings. The van der Waals surface area contributed by atoms with Gasteiger partial charge in [-0.1, -0.05) is 6.08 Å². The molecule has 1 heterocycles. The van der Waals surface area contributed by atoms with Gasteiger partial charge in [-0.2, -0.15) is 13.2 Å². The van der Waals surface area contributed by atoms with Crippen molar-refractivity contribution in [3.63, 3.8) is 0 Å². The Balaban J connectivity index is 2.36. The van der Waals surface area contributed by atoms with E-state index >= 15 is 0 Å². The van der Waals surface area contributed by atoms with Crippen LogP contribution in [-0.4, -0.2) is 25.1 Å². The molecule has 10 heteroatoms. The van der Waals surface area contributed by atoms with Gasteiger partial charge in [-0.25, -0.2) is 13.4 Å². The van der Waals surface area contributed by atoms with Crippen molar-refractivity contribution in [2.45, 2.75) is 38.8 Å². The number of rotatable bonds is 5. The summed E-state index contributed by atoms with van der Waals surface area (Å²) in [4.78, 5) is 15.8. The largest absolute Gasteiger partial charge is 0.417 e. The highest BCUT2D eigenvalue weighted by Gasteiger charge is 2.32. The lowest BCUT2D eigenvalue weighted by molar-refractivity contribution is -0.137. The first-order valence-corrected chi connectivity index (χ1v) is 9.35. The number of allylic oxidation sites excluding steroid dienone is 1. The monoisotopic (exact) mass is 377 g/mol. The first kappa shape index (κ1) is 19.2. The average molecular weight is 377 g/mol. The number of alkyl halides is 3. The summed E-state index contributed by atoms with van der Waals surface area (Å²) in [7, 11) is -3.76. The Morgan fingerprint density at radius 1 is 1.32 bits per heavy atom. The third-order valence-electron chi connectivity index (χ3n) is 3.68. The Hall–Kier alpha value is -2.10. The second-order valence-corrected chi connectivity index (χ2v) is 7.56.